The predicted molar refractivity (Wildman–Crippen MR) is 112 cm³/mol. The molecule has 4 nitrogen and oxygen atoms in total. The first kappa shape index (κ1) is 20.4. The molecule has 148 valence electrons. The number of nitrogens with one attached hydrogen (secondary N) is 1. The van der Waals surface area contributed by atoms with Crippen molar-refractivity contribution in [2.24, 2.45) is 11.8 Å². The number of carbonyl (C=O) groups is 2. The zero-order valence-electron chi connectivity index (χ0n) is 16.4. The quantitative estimate of drug-likeness (QED) is 0.786. The summed E-state index contributed by atoms with van der Waals surface area (Å²) in [4.78, 5) is 27.7. The van der Waals surface area contributed by atoms with Gasteiger partial charge >= 0.3 is 0 Å². The Labute approximate surface area is 171 Å². The van der Waals surface area contributed by atoms with Crippen molar-refractivity contribution in [1.82, 2.24) is 10.2 Å². The molecule has 1 aliphatic heterocycles. The maximum Gasteiger partial charge on any atom is 0.255 e. The van der Waals surface area contributed by atoms with E-state index in [0.717, 1.165) is 12.0 Å². The van der Waals surface area contributed by atoms with E-state index in [4.69, 9.17) is 11.6 Å². The second-order valence-electron chi connectivity index (χ2n) is 7.79. The van der Waals surface area contributed by atoms with Crippen LogP contribution in [0.2, 0.25) is 5.02 Å². The Morgan fingerprint density at radius 2 is 1.75 bits per heavy atom. The number of likely N-dealkylation sites (tertiary alicyclic amines) is 1. The second kappa shape index (κ2) is 9.24. The first-order valence-electron chi connectivity index (χ1n) is 9.84. The van der Waals surface area contributed by atoms with Crippen LogP contribution in [-0.4, -0.2) is 36.3 Å². The summed E-state index contributed by atoms with van der Waals surface area (Å²) >= 11 is 6.22. The van der Waals surface area contributed by atoms with Gasteiger partial charge in [-0.2, -0.15) is 0 Å². The third-order valence-corrected chi connectivity index (χ3v) is 5.63. The van der Waals surface area contributed by atoms with Gasteiger partial charge in [-0.05, 0) is 30.0 Å². The van der Waals surface area contributed by atoms with Crippen LogP contribution in [0.1, 0.15) is 42.1 Å². The molecule has 0 spiro atoms. The number of hydrogen-bond donors (Lipinski definition) is 1. The van der Waals surface area contributed by atoms with Crippen LogP contribution in [0.15, 0.2) is 54.6 Å². The highest BCUT2D eigenvalue weighted by atomic mass is 35.5. The lowest BCUT2D eigenvalue weighted by atomic mass is 9.88. The summed E-state index contributed by atoms with van der Waals surface area (Å²) in [6.07, 6.45) is 0.941. The third-order valence-electron chi connectivity index (χ3n) is 5.30. The number of rotatable bonds is 6. The molecule has 2 amide bonds. The second-order valence-corrected chi connectivity index (χ2v) is 8.19. The van der Waals surface area contributed by atoms with Crippen LogP contribution in [0.25, 0.3) is 0 Å². The highest BCUT2D eigenvalue weighted by Gasteiger charge is 2.40. The summed E-state index contributed by atoms with van der Waals surface area (Å²) in [5.41, 5.74) is 1.57. The topological polar surface area (TPSA) is 49.4 Å². The van der Waals surface area contributed by atoms with Crippen molar-refractivity contribution in [2.45, 2.75) is 26.2 Å². The summed E-state index contributed by atoms with van der Waals surface area (Å²) in [7, 11) is 0. The summed E-state index contributed by atoms with van der Waals surface area (Å²) < 4.78 is 0. The molecule has 0 aliphatic carbocycles. The number of halogens is 1. The largest absolute Gasteiger partial charge is 0.356 e. The van der Waals surface area contributed by atoms with Crippen molar-refractivity contribution in [1.29, 1.82) is 0 Å². The Bertz CT molecular complexity index is 822. The van der Waals surface area contributed by atoms with Crippen LogP contribution in [0.5, 0.6) is 0 Å². The first-order valence-corrected chi connectivity index (χ1v) is 10.2. The fourth-order valence-corrected chi connectivity index (χ4v) is 3.91. The zero-order valence-corrected chi connectivity index (χ0v) is 17.2. The molecule has 2 aromatic rings. The van der Waals surface area contributed by atoms with E-state index in [1.807, 2.05) is 30.3 Å². The Hall–Kier alpha value is -2.33. The van der Waals surface area contributed by atoms with E-state index in [9.17, 15) is 9.59 Å². The van der Waals surface area contributed by atoms with Crippen LogP contribution in [0, 0.1) is 11.8 Å². The van der Waals surface area contributed by atoms with Gasteiger partial charge in [-0.25, -0.2) is 0 Å². The van der Waals surface area contributed by atoms with Crippen LogP contribution < -0.4 is 5.32 Å². The van der Waals surface area contributed by atoms with Gasteiger partial charge in [0.1, 0.15) is 0 Å². The molecule has 2 unspecified atom stereocenters. The lowest BCUT2D eigenvalue weighted by Crippen LogP contribution is -2.36. The molecular formula is C23H27ClN2O2. The van der Waals surface area contributed by atoms with Gasteiger partial charge in [0.25, 0.3) is 5.91 Å². The number of amides is 2. The summed E-state index contributed by atoms with van der Waals surface area (Å²) in [5.74, 6) is 0.146. The molecule has 5 heteroatoms. The van der Waals surface area contributed by atoms with Gasteiger partial charge in [0.05, 0.1) is 16.5 Å². The van der Waals surface area contributed by atoms with Crippen molar-refractivity contribution >= 4 is 23.4 Å². The van der Waals surface area contributed by atoms with Crippen LogP contribution in [-0.2, 0) is 4.79 Å². The van der Waals surface area contributed by atoms with Crippen molar-refractivity contribution in [3.8, 4) is 0 Å². The monoisotopic (exact) mass is 398 g/mol. The Morgan fingerprint density at radius 3 is 2.43 bits per heavy atom. The minimum Gasteiger partial charge on any atom is -0.356 e. The lowest BCUT2D eigenvalue weighted by Gasteiger charge is -2.18. The average molecular weight is 399 g/mol. The standard InChI is InChI=1S/C23H27ClN2O2/c1-16(2)12-13-25-22(27)20-15-26(14-19(20)17-8-4-3-5-9-17)23(28)18-10-6-7-11-21(18)24/h3-11,16,19-20H,12-15H2,1-2H3,(H,25,27). The molecule has 1 heterocycles. The Morgan fingerprint density at radius 1 is 1.07 bits per heavy atom. The van der Waals surface area contributed by atoms with Crippen LogP contribution in [0.3, 0.4) is 0 Å². The van der Waals surface area contributed by atoms with E-state index < -0.39 is 0 Å². The minimum atomic E-state index is -0.263. The van der Waals surface area contributed by atoms with Gasteiger partial charge in [0.15, 0.2) is 0 Å². The summed E-state index contributed by atoms with van der Waals surface area (Å²) in [5, 5.41) is 3.50. The van der Waals surface area contributed by atoms with Crippen LogP contribution in [0.4, 0.5) is 0 Å². The molecule has 1 aliphatic rings. The Kier molecular flexibility index (Phi) is 6.74. The molecule has 1 saturated heterocycles. The van der Waals surface area contributed by atoms with E-state index in [1.54, 1.807) is 29.2 Å². The SMILES string of the molecule is CC(C)CCNC(=O)C1CN(C(=O)c2ccccc2Cl)CC1c1ccccc1. The zero-order chi connectivity index (χ0) is 20.1. The van der Waals surface area contributed by atoms with Gasteiger partial charge in [0.2, 0.25) is 5.91 Å². The summed E-state index contributed by atoms with van der Waals surface area (Å²) in [6, 6.07) is 17.0. The van der Waals surface area contributed by atoms with Crippen molar-refractivity contribution < 1.29 is 9.59 Å². The van der Waals surface area contributed by atoms with Crippen LogP contribution >= 0.6 is 11.6 Å². The normalized spacial score (nSPS) is 19.1. The molecule has 1 fully saturated rings. The maximum absolute atomic E-state index is 13.0. The molecule has 0 saturated carbocycles. The number of carbonyl (C=O) groups excluding carboxylic acids is 2. The molecule has 28 heavy (non-hydrogen) atoms. The predicted octanol–water partition coefficient (Wildman–Crippen LogP) is 4.36. The summed E-state index contributed by atoms with van der Waals surface area (Å²) in [6.45, 7) is 5.84. The average Bonchev–Trinajstić information content (AvgIpc) is 3.14. The fourth-order valence-electron chi connectivity index (χ4n) is 3.69. The molecule has 2 atom stereocenters. The maximum atomic E-state index is 13.0. The lowest BCUT2D eigenvalue weighted by molar-refractivity contribution is -0.124. The van der Waals surface area contributed by atoms with E-state index in [2.05, 4.69) is 19.2 Å². The molecule has 2 aromatic carbocycles. The van der Waals surface area contributed by atoms with E-state index >= 15 is 0 Å². The smallest absolute Gasteiger partial charge is 0.255 e. The van der Waals surface area contributed by atoms with Crippen molar-refractivity contribution in [3.63, 3.8) is 0 Å². The van der Waals surface area contributed by atoms with Gasteiger partial charge < -0.3 is 10.2 Å². The molecule has 1 N–H and O–H groups in total. The highest BCUT2D eigenvalue weighted by Crippen LogP contribution is 2.34. The molecular weight excluding hydrogens is 372 g/mol. The number of benzene rings is 2. The highest BCUT2D eigenvalue weighted by molar-refractivity contribution is 6.33. The fraction of sp³-hybridized carbons (Fsp3) is 0.391. The molecule has 0 radical (unpaired) electrons. The molecule has 0 bridgehead atoms. The van der Waals surface area contributed by atoms with Crippen molar-refractivity contribution in [2.75, 3.05) is 19.6 Å². The molecule has 3 rings (SSSR count). The number of hydrogen-bond acceptors (Lipinski definition) is 2. The third kappa shape index (κ3) is 4.74. The van der Waals surface area contributed by atoms with Gasteiger partial charge in [-0.1, -0.05) is 67.9 Å². The first-order chi connectivity index (χ1) is 13.5. The minimum absolute atomic E-state index is 0.0176. The number of nitrogens with zero attached hydrogens (tertiary/aromatic N) is 1. The molecule has 0 aromatic heterocycles. The van der Waals surface area contributed by atoms with Crippen molar-refractivity contribution in [3.05, 3.63) is 70.7 Å². The van der Waals surface area contributed by atoms with Gasteiger partial charge in [-0.15, -0.1) is 0 Å². The Balaban J connectivity index is 1.79. The van der Waals surface area contributed by atoms with E-state index in [0.29, 0.717) is 36.1 Å². The van der Waals surface area contributed by atoms with E-state index in [-0.39, 0.29) is 23.7 Å². The van der Waals surface area contributed by atoms with E-state index in [1.165, 1.54) is 0 Å². The van der Waals surface area contributed by atoms with Gasteiger partial charge in [-0.3, -0.25) is 9.59 Å². The van der Waals surface area contributed by atoms with Gasteiger partial charge in [0, 0.05) is 25.6 Å².